The number of aryl methyl sites for hydroxylation is 1. The number of rotatable bonds is 4. The standard InChI is InChI=1S/C22H31N5O/c1-6-26-11-13-27(14-12-26)20-15-19(23-16(2)24-20)21(28)25-18-9-7-17(8-10-18)22(3,4)5/h7-10,15H,6,11-14H2,1-5H3,(H,25,28). The molecule has 1 N–H and O–H groups in total. The fraction of sp³-hybridized carbons (Fsp3) is 0.500. The van der Waals surface area contributed by atoms with Crippen molar-refractivity contribution in [1.29, 1.82) is 0 Å². The summed E-state index contributed by atoms with van der Waals surface area (Å²) in [5, 5.41) is 2.95. The highest BCUT2D eigenvalue weighted by Crippen LogP contribution is 2.24. The zero-order valence-corrected chi connectivity index (χ0v) is 17.6. The number of aromatic nitrogens is 2. The first-order valence-corrected chi connectivity index (χ1v) is 10.0. The molecule has 6 nitrogen and oxygen atoms in total. The van der Waals surface area contributed by atoms with Crippen molar-refractivity contribution in [3.05, 3.63) is 47.4 Å². The Bertz CT molecular complexity index is 818. The molecule has 1 saturated heterocycles. The number of carbonyl (C=O) groups is 1. The van der Waals surface area contributed by atoms with E-state index in [2.05, 4.69) is 64.9 Å². The van der Waals surface area contributed by atoms with Crippen molar-refractivity contribution in [2.24, 2.45) is 0 Å². The third-order valence-corrected chi connectivity index (χ3v) is 5.21. The van der Waals surface area contributed by atoms with Crippen LogP contribution < -0.4 is 10.2 Å². The smallest absolute Gasteiger partial charge is 0.274 e. The minimum Gasteiger partial charge on any atom is -0.354 e. The van der Waals surface area contributed by atoms with Crippen molar-refractivity contribution in [1.82, 2.24) is 14.9 Å². The first kappa shape index (κ1) is 20.3. The molecule has 1 aromatic carbocycles. The Kier molecular flexibility index (Phi) is 5.98. The lowest BCUT2D eigenvalue weighted by Gasteiger charge is -2.34. The van der Waals surface area contributed by atoms with Crippen molar-refractivity contribution in [3.63, 3.8) is 0 Å². The summed E-state index contributed by atoms with van der Waals surface area (Å²) in [4.78, 5) is 26.3. The van der Waals surface area contributed by atoms with Gasteiger partial charge in [0.25, 0.3) is 5.91 Å². The molecule has 0 atom stereocenters. The Hall–Kier alpha value is -2.47. The Balaban J connectivity index is 1.72. The van der Waals surface area contributed by atoms with Gasteiger partial charge in [-0.05, 0) is 36.6 Å². The molecular weight excluding hydrogens is 350 g/mol. The number of hydrogen-bond acceptors (Lipinski definition) is 5. The predicted molar refractivity (Wildman–Crippen MR) is 114 cm³/mol. The molecule has 28 heavy (non-hydrogen) atoms. The number of nitrogens with zero attached hydrogens (tertiary/aromatic N) is 4. The maximum atomic E-state index is 12.8. The van der Waals surface area contributed by atoms with Gasteiger partial charge in [0.2, 0.25) is 0 Å². The third-order valence-electron chi connectivity index (χ3n) is 5.21. The number of amides is 1. The van der Waals surface area contributed by atoms with E-state index < -0.39 is 0 Å². The molecule has 0 bridgehead atoms. The van der Waals surface area contributed by atoms with Crippen LogP contribution in [0, 0.1) is 6.92 Å². The highest BCUT2D eigenvalue weighted by atomic mass is 16.1. The summed E-state index contributed by atoms with van der Waals surface area (Å²) in [5.41, 5.74) is 2.49. The fourth-order valence-corrected chi connectivity index (χ4v) is 3.37. The molecule has 0 radical (unpaired) electrons. The first-order valence-electron chi connectivity index (χ1n) is 10.0. The van der Waals surface area contributed by atoms with Gasteiger partial charge in [0.1, 0.15) is 17.3 Å². The maximum Gasteiger partial charge on any atom is 0.274 e. The van der Waals surface area contributed by atoms with Crippen molar-refractivity contribution >= 4 is 17.4 Å². The normalized spacial score (nSPS) is 15.5. The summed E-state index contributed by atoms with van der Waals surface area (Å²) in [6.45, 7) is 15.5. The van der Waals surface area contributed by atoms with Crippen molar-refractivity contribution < 1.29 is 4.79 Å². The second kappa shape index (κ2) is 8.27. The summed E-state index contributed by atoms with van der Waals surface area (Å²) in [6.07, 6.45) is 0. The van der Waals surface area contributed by atoms with Gasteiger partial charge < -0.3 is 15.1 Å². The van der Waals surface area contributed by atoms with Crippen LogP contribution in [0.3, 0.4) is 0 Å². The van der Waals surface area contributed by atoms with E-state index in [0.29, 0.717) is 11.5 Å². The molecule has 6 heteroatoms. The zero-order valence-electron chi connectivity index (χ0n) is 17.6. The number of piperazine rings is 1. The Morgan fingerprint density at radius 3 is 2.29 bits per heavy atom. The number of anilines is 2. The average molecular weight is 382 g/mol. The molecule has 1 aromatic heterocycles. The summed E-state index contributed by atoms with van der Waals surface area (Å²) < 4.78 is 0. The van der Waals surface area contributed by atoms with Gasteiger partial charge in [0.15, 0.2) is 0 Å². The van der Waals surface area contributed by atoms with Gasteiger partial charge in [0, 0.05) is 37.9 Å². The highest BCUT2D eigenvalue weighted by Gasteiger charge is 2.20. The fourth-order valence-electron chi connectivity index (χ4n) is 3.37. The van der Waals surface area contributed by atoms with E-state index in [4.69, 9.17) is 0 Å². The van der Waals surface area contributed by atoms with Crippen molar-refractivity contribution in [2.45, 2.75) is 40.0 Å². The lowest BCUT2D eigenvalue weighted by Crippen LogP contribution is -2.46. The zero-order chi connectivity index (χ0) is 20.3. The van der Waals surface area contributed by atoms with E-state index in [1.165, 1.54) is 5.56 Å². The van der Waals surface area contributed by atoms with E-state index in [1.54, 1.807) is 6.07 Å². The first-order chi connectivity index (χ1) is 13.3. The molecule has 0 spiro atoms. The van der Waals surface area contributed by atoms with Crippen LogP contribution >= 0.6 is 0 Å². The molecule has 150 valence electrons. The topological polar surface area (TPSA) is 61.4 Å². The second-order valence-electron chi connectivity index (χ2n) is 8.36. The number of likely N-dealkylation sites (N-methyl/N-ethyl adjacent to an activating group) is 1. The number of nitrogens with one attached hydrogen (secondary N) is 1. The van der Waals surface area contributed by atoms with Crippen LogP contribution in [0.5, 0.6) is 0 Å². The van der Waals surface area contributed by atoms with Crippen LogP contribution in [0.1, 0.15) is 49.6 Å². The SMILES string of the molecule is CCN1CCN(c2cc(C(=O)Nc3ccc(C(C)(C)C)cc3)nc(C)n2)CC1. The molecule has 1 amide bonds. The molecule has 1 aliphatic rings. The molecule has 1 aliphatic heterocycles. The molecule has 2 heterocycles. The van der Waals surface area contributed by atoms with Crippen LogP contribution in [-0.2, 0) is 5.41 Å². The van der Waals surface area contributed by atoms with Gasteiger partial charge in [0.05, 0.1) is 0 Å². The lowest BCUT2D eigenvalue weighted by molar-refractivity contribution is 0.102. The monoisotopic (exact) mass is 381 g/mol. The minimum absolute atomic E-state index is 0.0863. The molecule has 0 aliphatic carbocycles. The third kappa shape index (κ3) is 4.87. The number of carbonyl (C=O) groups excluding carboxylic acids is 1. The van der Waals surface area contributed by atoms with E-state index in [-0.39, 0.29) is 11.3 Å². The van der Waals surface area contributed by atoms with Crippen LogP contribution in [0.4, 0.5) is 11.5 Å². The van der Waals surface area contributed by atoms with E-state index in [0.717, 1.165) is 44.2 Å². The Labute approximate surface area is 168 Å². The predicted octanol–water partition coefficient (Wildman–Crippen LogP) is 3.48. The molecule has 1 fully saturated rings. The summed E-state index contributed by atoms with van der Waals surface area (Å²) in [5.74, 6) is 1.24. The van der Waals surface area contributed by atoms with Crippen molar-refractivity contribution in [3.8, 4) is 0 Å². The highest BCUT2D eigenvalue weighted by molar-refractivity contribution is 6.03. The average Bonchev–Trinajstić information content (AvgIpc) is 2.67. The molecular formula is C22H31N5O. The van der Waals surface area contributed by atoms with Gasteiger partial charge in [-0.25, -0.2) is 9.97 Å². The number of hydrogen-bond donors (Lipinski definition) is 1. The Morgan fingerprint density at radius 1 is 1.07 bits per heavy atom. The van der Waals surface area contributed by atoms with E-state index >= 15 is 0 Å². The largest absolute Gasteiger partial charge is 0.354 e. The van der Waals surface area contributed by atoms with Crippen LogP contribution in [0.25, 0.3) is 0 Å². The molecule has 2 aromatic rings. The summed E-state index contributed by atoms with van der Waals surface area (Å²) >= 11 is 0. The summed E-state index contributed by atoms with van der Waals surface area (Å²) in [6, 6.07) is 9.79. The van der Waals surface area contributed by atoms with Gasteiger partial charge in [-0.3, -0.25) is 4.79 Å². The van der Waals surface area contributed by atoms with Gasteiger partial charge in [-0.15, -0.1) is 0 Å². The number of benzene rings is 1. The van der Waals surface area contributed by atoms with Crippen LogP contribution in [0.15, 0.2) is 30.3 Å². The van der Waals surface area contributed by atoms with Crippen LogP contribution in [-0.4, -0.2) is 53.5 Å². The molecule has 0 saturated carbocycles. The molecule has 0 unspecified atom stereocenters. The van der Waals surface area contributed by atoms with E-state index in [9.17, 15) is 4.79 Å². The van der Waals surface area contributed by atoms with E-state index in [1.807, 2.05) is 19.1 Å². The molecule has 3 rings (SSSR count). The van der Waals surface area contributed by atoms with Crippen LogP contribution in [0.2, 0.25) is 0 Å². The maximum absolute atomic E-state index is 12.8. The quantitative estimate of drug-likeness (QED) is 0.879. The van der Waals surface area contributed by atoms with Crippen molar-refractivity contribution in [2.75, 3.05) is 42.9 Å². The summed E-state index contributed by atoms with van der Waals surface area (Å²) in [7, 11) is 0. The lowest BCUT2D eigenvalue weighted by atomic mass is 9.87. The second-order valence-corrected chi connectivity index (χ2v) is 8.36. The minimum atomic E-state index is -0.206. The Morgan fingerprint density at radius 2 is 1.71 bits per heavy atom. The van der Waals surface area contributed by atoms with Gasteiger partial charge >= 0.3 is 0 Å². The van der Waals surface area contributed by atoms with Gasteiger partial charge in [-0.1, -0.05) is 39.8 Å². The van der Waals surface area contributed by atoms with Gasteiger partial charge in [-0.2, -0.15) is 0 Å².